The standard InChI is InChI=1S/C16H25N3O/c1-19-17-14(12-8-4-2-5-9-12)16(20)15(18-19)13-10-6-3-7-11-13/h12-13H,2-11H2,1H3. The van der Waals surface area contributed by atoms with Crippen LogP contribution in [-0.4, -0.2) is 15.0 Å². The molecule has 110 valence electrons. The largest absolute Gasteiger partial charge is 0.286 e. The van der Waals surface area contributed by atoms with Crippen LogP contribution in [0.3, 0.4) is 0 Å². The second-order valence-electron chi connectivity index (χ2n) is 6.46. The first-order chi connectivity index (χ1) is 9.75. The fourth-order valence-corrected chi connectivity index (χ4v) is 3.84. The van der Waals surface area contributed by atoms with Crippen molar-refractivity contribution in [2.24, 2.45) is 7.05 Å². The van der Waals surface area contributed by atoms with E-state index in [9.17, 15) is 4.79 Å². The molecular weight excluding hydrogens is 250 g/mol. The molecule has 20 heavy (non-hydrogen) atoms. The van der Waals surface area contributed by atoms with Gasteiger partial charge >= 0.3 is 0 Å². The van der Waals surface area contributed by atoms with Crippen molar-refractivity contribution in [3.8, 4) is 0 Å². The first-order valence-electron chi connectivity index (χ1n) is 8.21. The average Bonchev–Trinajstić information content (AvgIpc) is 2.51. The Morgan fingerprint density at radius 3 is 1.60 bits per heavy atom. The molecule has 0 bridgehead atoms. The van der Waals surface area contributed by atoms with E-state index in [1.165, 1.54) is 38.5 Å². The molecule has 3 rings (SSSR count). The zero-order valence-corrected chi connectivity index (χ0v) is 12.5. The molecule has 0 aromatic carbocycles. The minimum atomic E-state index is 0.155. The van der Waals surface area contributed by atoms with Crippen LogP contribution in [-0.2, 0) is 7.05 Å². The number of hydrogen-bond acceptors (Lipinski definition) is 3. The van der Waals surface area contributed by atoms with Crippen molar-refractivity contribution in [2.75, 3.05) is 0 Å². The van der Waals surface area contributed by atoms with Gasteiger partial charge in [0, 0.05) is 18.9 Å². The Bertz CT molecular complexity index is 469. The van der Waals surface area contributed by atoms with Gasteiger partial charge in [0.2, 0.25) is 5.43 Å². The van der Waals surface area contributed by atoms with Crippen LogP contribution < -0.4 is 5.43 Å². The number of rotatable bonds is 2. The summed E-state index contributed by atoms with van der Waals surface area (Å²) in [6, 6.07) is 0. The molecule has 0 aliphatic heterocycles. The Morgan fingerprint density at radius 2 is 1.20 bits per heavy atom. The number of hydrogen-bond donors (Lipinski definition) is 0. The molecule has 2 fully saturated rings. The maximum Gasteiger partial charge on any atom is 0.225 e. The molecule has 1 aromatic heterocycles. The van der Waals surface area contributed by atoms with E-state index in [0.29, 0.717) is 11.8 Å². The van der Waals surface area contributed by atoms with Crippen LogP contribution >= 0.6 is 0 Å². The van der Waals surface area contributed by atoms with Crippen LogP contribution in [0, 0.1) is 0 Å². The van der Waals surface area contributed by atoms with Crippen LogP contribution in [0.25, 0.3) is 0 Å². The van der Waals surface area contributed by atoms with Crippen molar-refractivity contribution in [1.29, 1.82) is 0 Å². The maximum absolute atomic E-state index is 12.8. The lowest BCUT2D eigenvalue weighted by Crippen LogP contribution is -2.29. The van der Waals surface area contributed by atoms with Gasteiger partial charge in [-0.3, -0.25) is 4.79 Å². The predicted octanol–water partition coefficient (Wildman–Crippen LogP) is 3.27. The summed E-state index contributed by atoms with van der Waals surface area (Å²) in [5, 5.41) is 8.89. The van der Waals surface area contributed by atoms with Crippen molar-refractivity contribution in [3.05, 3.63) is 21.6 Å². The molecule has 2 aliphatic carbocycles. The van der Waals surface area contributed by atoms with E-state index >= 15 is 0 Å². The van der Waals surface area contributed by atoms with Gasteiger partial charge in [0.15, 0.2) is 0 Å². The van der Waals surface area contributed by atoms with Gasteiger partial charge in [-0.05, 0) is 25.7 Å². The summed E-state index contributed by atoms with van der Waals surface area (Å²) in [7, 11) is 1.86. The van der Waals surface area contributed by atoms with Crippen molar-refractivity contribution in [2.45, 2.75) is 76.0 Å². The van der Waals surface area contributed by atoms with Crippen LogP contribution in [0.1, 0.15) is 87.4 Å². The van der Waals surface area contributed by atoms with Crippen molar-refractivity contribution in [3.63, 3.8) is 0 Å². The quantitative estimate of drug-likeness (QED) is 0.832. The smallest absolute Gasteiger partial charge is 0.225 e. The van der Waals surface area contributed by atoms with Crippen molar-refractivity contribution < 1.29 is 0 Å². The molecule has 0 saturated heterocycles. The molecule has 2 aliphatic rings. The second-order valence-corrected chi connectivity index (χ2v) is 6.46. The lowest BCUT2D eigenvalue weighted by molar-refractivity contribution is 0.398. The molecule has 4 heteroatoms. The van der Waals surface area contributed by atoms with Gasteiger partial charge in [-0.25, -0.2) is 0 Å². The first-order valence-corrected chi connectivity index (χ1v) is 8.21. The molecule has 2 saturated carbocycles. The lowest BCUT2D eigenvalue weighted by Gasteiger charge is -2.24. The van der Waals surface area contributed by atoms with Crippen LogP contribution in [0.5, 0.6) is 0 Å². The SMILES string of the molecule is Cn1nc(C2CCCCC2)c(=O)c(C2CCCCC2)n1. The summed E-state index contributed by atoms with van der Waals surface area (Å²) in [6.45, 7) is 0. The topological polar surface area (TPSA) is 47.8 Å². The van der Waals surface area contributed by atoms with Gasteiger partial charge < -0.3 is 0 Å². The van der Waals surface area contributed by atoms with E-state index in [1.54, 1.807) is 4.80 Å². The summed E-state index contributed by atoms with van der Waals surface area (Å²) in [5.74, 6) is 0.737. The minimum Gasteiger partial charge on any atom is -0.286 e. The highest BCUT2D eigenvalue weighted by atomic mass is 16.1. The van der Waals surface area contributed by atoms with Gasteiger partial charge in [-0.2, -0.15) is 15.0 Å². The Kier molecular flexibility index (Phi) is 4.18. The van der Waals surface area contributed by atoms with E-state index in [0.717, 1.165) is 37.1 Å². The molecule has 0 amide bonds. The third-order valence-electron chi connectivity index (χ3n) is 4.95. The Labute approximate surface area is 120 Å². The van der Waals surface area contributed by atoms with Crippen molar-refractivity contribution in [1.82, 2.24) is 15.0 Å². The predicted molar refractivity (Wildman–Crippen MR) is 78.9 cm³/mol. The highest BCUT2D eigenvalue weighted by molar-refractivity contribution is 5.16. The van der Waals surface area contributed by atoms with Crippen molar-refractivity contribution >= 4 is 0 Å². The number of aromatic nitrogens is 3. The third kappa shape index (κ3) is 2.79. The zero-order chi connectivity index (χ0) is 13.9. The summed E-state index contributed by atoms with van der Waals surface area (Å²) >= 11 is 0. The van der Waals surface area contributed by atoms with Gasteiger partial charge in [0.1, 0.15) is 11.4 Å². The third-order valence-corrected chi connectivity index (χ3v) is 4.95. The molecule has 0 unspecified atom stereocenters. The highest BCUT2D eigenvalue weighted by Crippen LogP contribution is 2.32. The fraction of sp³-hybridized carbons (Fsp3) is 0.812. The maximum atomic E-state index is 12.8. The normalized spacial score (nSPS) is 22.1. The Balaban J connectivity index is 1.94. The summed E-state index contributed by atoms with van der Waals surface area (Å²) in [4.78, 5) is 14.4. The van der Waals surface area contributed by atoms with E-state index in [1.807, 2.05) is 7.05 Å². The molecule has 0 atom stereocenters. The van der Waals surface area contributed by atoms with Crippen LogP contribution in [0.15, 0.2) is 4.79 Å². The molecule has 0 spiro atoms. The summed E-state index contributed by atoms with van der Waals surface area (Å²) in [5.41, 5.74) is 1.74. The highest BCUT2D eigenvalue weighted by Gasteiger charge is 2.26. The molecule has 0 radical (unpaired) electrons. The summed E-state index contributed by atoms with van der Waals surface area (Å²) < 4.78 is 0. The monoisotopic (exact) mass is 275 g/mol. The molecular formula is C16H25N3O. The van der Waals surface area contributed by atoms with E-state index in [2.05, 4.69) is 10.2 Å². The fourth-order valence-electron chi connectivity index (χ4n) is 3.84. The van der Waals surface area contributed by atoms with E-state index < -0.39 is 0 Å². The van der Waals surface area contributed by atoms with Gasteiger partial charge in [-0.1, -0.05) is 38.5 Å². The Morgan fingerprint density at radius 1 is 0.800 bits per heavy atom. The Hall–Kier alpha value is -1.19. The molecule has 4 nitrogen and oxygen atoms in total. The number of nitrogens with zero attached hydrogens (tertiary/aromatic N) is 3. The lowest BCUT2D eigenvalue weighted by atomic mass is 9.83. The van der Waals surface area contributed by atoms with Gasteiger partial charge in [-0.15, -0.1) is 0 Å². The van der Waals surface area contributed by atoms with E-state index in [-0.39, 0.29) is 5.43 Å². The zero-order valence-electron chi connectivity index (χ0n) is 12.5. The number of aryl methyl sites for hydroxylation is 1. The van der Waals surface area contributed by atoms with Crippen LogP contribution in [0.4, 0.5) is 0 Å². The summed E-state index contributed by atoms with van der Waals surface area (Å²) in [6.07, 6.45) is 12.0. The second kappa shape index (κ2) is 6.06. The molecule has 1 heterocycles. The van der Waals surface area contributed by atoms with E-state index in [4.69, 9.17) is 0 Å². The molecule has 1 aromatic rings. The molecule has 0 N–H and O–H groups in total. The average molecular weight is 275 g/mol. The first kappa shape index (κ1) is 13.8. The van der Waals surface area contributed by atoms with Gasteiger partial charge in [0.05, 0.1) is 0 Å². The minimum absolute atomic E-state index is 0.155. The van der Waals surface area contributed by atoms with Gasteiger partial charge in [0.25, 0.3) is 0 Å². The van der Waals surface area contributed by atoms with Crippen LogP contribution in [0.2, 0.25) is 0 Å².